The minimum Gasteiger partial charge on any atom is -0.508 e. The third kappa shape index (κ3) is 3.31. The van der Waals surface area contributed by atoms with E-state index in [2.05, 4.69) is 0 Å². The molecular weight excluding hydrogens is 400 g/mol. The molecule has 1 aliphatic rings. The average Bonchev–Trinajstić information content (AvgIpc) is 2.97. The molecule has 0 bridgehead atoms. The van der Waals surface area contributed by atoms with Crippen LogP contribution in [0.4, 0.5) is 0 Å². The molecule has 2 aromatic carbocycles. The molecule has 10 nitrogen and oxygen atoms in total. The number of aromatic hydroxyl groups is 3. The lowest BCUT2D eigenvalue weighted by molar-refractivity contribution is -0.117. The summed E-state index contributed by atoms with van der Waals surface area (Å²) in [6.07, 6.45) is -5.65. The van der Waals surface area contributed by atoms with Crippen molar-refractivity contribution in [1.82, 2.24) is 0 Å². The topological polar surface area (TPSA) is 170 Å². The van der Waals surface area contributed by atoms with E-state index in [9.17, 15) is 35.4 Å². The van der Waals surface area contributed by atoms with Gasteiger partial charge in [0.1, 0.15) is 46.5 Å². The molecule has 0 aliphatic carbocycles. The number of rotatable bonds is 4. The molecule has 158 valence electrons. The molecule has 0 amide bonds. The zero-order chi connectivity index (χ0) is 21.6. The Morgan fingerprint density at radius 2 is 1.67 bits per heavy atom. The molecule has 30 heavy (non-hydrogen) atoms. The number of benzene rings is 2. The van der Waals surface area contributed by atoms with Gasteiger partial charge in [-0.1, -0.05) is 0 Å². The van der Waals surface area contributed by atoms with Gasteiger partial charge in [0.05, 0.1) is 6.61 Å². The third-order valence-electron chi connectivity index (χ3n) is 4.78. The molecule has 6 N–H and O–H groups in total. The maximum Gasteiger partial charge on any atom is 0.239 e. The predicted octanol–water partition coefficient (Wildman–Crippen LogP) is 0.395. The van der Waals surface area contributed by atoms with E-state index in [1.165, 1.54) is 24.3 Å². The van der Waals surface area contributed by atoms with Crippen molar-refractivity contribution in [1.29, 1.82) is 0 Å². The monoisotopic (exact) mass is 418 g/mol. The molecule has 1 aliphatic heterocycles. The second-order valence-corrected chi connectivity index (χ2v) is 6.80. The van der Waals surface area contributed by atoms with Crippen molar-refractivity contribution < 1.29 is 44.5 Å². The van der Waals surface area contributed by atoms with Crippen LogP contribution in [-0.4, -0.2) is 61.8 Å². The molecule has 4 atom stereocenters. The van der Waals surface area contributed by atoms with Crippen molar-refractivity contribution in [2.75, 3.05) is 6.61 Å². The largest absolute Gasteiger partial charge is 0.508 e. The van der Waals surface area contributed by atoms with Crippen molar-refractivity contribution in [3.05, 3.63) is 46.6 Å². The lowest BCUT2D eigenvalue weighted by Crippen LogP contribution is -2.36. The van der Waals surface area contributed by atoms with Gasteiger partial charge in [0.15, 0.2) is 5.76 Å². The standard InChI is InChI=1S/C20H18O10/c21-7-13-15(25)17(27)20(29-13)30-19-16(26)14-11(24)5-10(23)6-12(14)28-18(19)8-1-3-9(22)4-2-8/h1-6,13,15,17,20-25,27H,7H2/t13-,15+,17+,20-/m0/s1. The van der Waals surface area contributed by atoms with Gasteiger partial charge in [-0.25, -0.2) is 0 Å². The third-order valence-corrected chi connectivity index (χ3v) is 4.78. The van der Waals surface area contributed by atoms with Gasteiger partial charge in [0, 0.05) is 17.7 Å². The first-order valence-electron chi connectivity index (χ1n) is 8.91. The van der Waals surface area contributed by atoms with Crippen LogP contribution in [0.25, 0.3) is 22.3 Å². The zero-order valence-corrected chi connectivity index (χ0v) is 15.3. The van der Waals surface area contributed by atoms with Crippen molar-refractivity contribution in [3.8, 4) is 34.3 Å². The molecule has 0 radical (unpaired) electrons. The highest BCUT2D eigenvalue weighted by molar-refractivity contribution is 5.88. The van der Waals surface area contributed by atoms with Crippen molar-refractivity contribution in [2.24, 2.45) is 0 Å². The van der Waals surface area contributed by atoms with E-state index in [1.54, 1.807) is 0 Å². The SMILES string of the molecule is O=c1c(O[C@@H]2O[C@@H](CO)[C@@H](O)[C@H]2O)c(-c2ccc(O)cc2)oc2cc(O)cc(O)c12. The maximum absolute atomic E-state index is 13.1. The summed E-state index contributed by atoms with van der Waals surface area (Å²) in [4.78, 5) is 13.1. The van der Waals surface area contributed by atoms with Gasteiger partial charge in [0.25, 0.3) is 0 Å². The number of aliphatic hydroxyl groups excluding tert-OH is 3. The number of hydrogen-bond donors (Lipinski definition) is 6. The van der Waals surface area contributed by atoms with Crippen LogP contribution in [0.3, 0.4) is 0 Å². The van der Waals surface area contributed by atoms with Gasteiger partial charge >= 0.3 is 0 Å². The highest BCUT2D eigenvalue weighted by atomic mass is 16.7. The first kappa shape index (κ1) is 20.0. The lowest BCUT2D eigenvalue weighted by Gasteiger charge is -2.18. The first-order valence-corrected chi connectivity index (χ1v) is 8.91. The first-order chi connectivity index (χ1) is 14.3. The van der Waals surface area contributed by atoms with Crippen LogP contribution >= 0.6 is 0 Å². The van der Waals surface area contributed by atoms with Crippen molar-refractivity contribution >= 4 is 11.0 Å². The maximum atomic E-state index is 13.1. The number of phenols is 3. The number of fused-ring (bicyclic) bond motifs is 1. The molecule has 1 fully saturated rings. The van der Waals surface area contributed by atoms with E-state index in [0.717, 1.165) is 12.1 Å². The summed E-state index contributed by atoms with van der Waals surface area (Å²) in [7, 11) is 0. The molecule has 10 heteroatoms. The van der Waals surface area contributed by atoms with Crippen LogP contribution in [0.15, 0.2) is 45.6 Å². The fraction of sp³-hybridized carbons (Fsp3) is 0.250. The summed E-state index contributed by atoms with van der Waals surface area (Å²) >= 11 is 0. The summed E-state index contributed by atoms with van der Waals surface area (Å²) < 4.78 is 16.5. The number of phenolic OH excluding ortho intramolecular Hbond substituents is 3. The van der Waals surface area contributed by atoms with Crippen molar-refractivity contribution in [3.63, 3.8) is 0 Å². The molecule has 2 heterocycles. The van der Waals surface area contributed by atoms with Crippen LogP contribution in [0.5, 0.6) is 23.0 Å². The minimum atomic E-state index is -1.57. The molecular formula is C20H18O10. The summed E-state index contributed by atoms with van der Waals surface area (Å²) in [5.41, 5.74) is -0.653. The number of aliphatic hydroxyl groups is 3. The van der Waals surface area contributed by atoms with Gasteiger partial charge in [-0.15, -0.1) is 0 Å². The fourth-order valence-corrected chi connectivity index (χ4v) is 3.26. The molecule has 1 aromatic heterocycles. The van der Waals surface area contributed by atoms with Gasteiger partial charge < -0.3 is 44.5 Å². The lowest BCUT2D eigenvalue weighted by atomic mass is 10.1. The van der Waals surface area contributed by atoms with Crippen molar-refractivity contribution in [2.45, 2.75) is 24.6 Å². The second-order valence-electron chi connectivity index (χ2n) is 6.80. The van der Waals surface area contributed by atoms with E-state index in [4.69, 9.17) is 13.9 Å². The van der Waals surface area contributed by atoms with Gasteiger partial charge in [0.2, 0.25) is 17.5 Å². The van der Waals surface area contributed by atoms with Crippen LogP contribution in [0.1, 0.15) is 0 Å². The van der Waals surface area contributed by atoms with Crippen LogP contribution in [0.2, 0.25) is 0 Å². The van der Waals surface area contributed by atoms with E-state index < -0.39 is 48.1 Å². The highest BCUT2D eigenvalue weighted by Gasteiger charge is 2.44. The van der Waals surface area contributed by atoms with E-state index in [1.807, 2.05) is 0 Å². The zero-order valence-electron chi connectivity index (χ0n) is 15.3. The fourth-order valence-electron chi connectivity index (χ4n) is 3.26. The van der Waals surface area contributed by atoms with Crippen LogP contribution < -0.4 is 10.2 Å². The average molecular weight is 418 g/mol. The Labute approximate surface area is 168 Å². The molecule has 0 saturated carbocycles. The normalized spacial score (nSPS) is 23.7. The molecule has 0 spiro atoms. The predicted molar refractivity (Wildman–Crippen MR) is 101 cm³/mol. The van der Waals surface area contributed by atoms with Gasteiger partial charge in [-0.05, 0) is 24.3 Å². The Balaban J connectivity index is 1.90. The second kappa shape index (κ2) is 7.50. The molecule has 3 aromatic rings. The smallest absolute Gasteiger partial charge is 0.239 e. The number of hydrogen-bond acceptors (Lipinski definition) is 10. The quantitative estimate of drug-likeness (QED) is 0.348. The van der Waals surface area contributed by atoms with E-state index in [0.29, 0.717) is 5.56 Å². The molecule has 4 rings (SSSR count). The Morgan fingerprint density at radius 1 is 0.967 bits per heavy atom. The summed E-state index contributed by atoms with van der Waals surface area (Å²) in [5, 5.41) is 58.4. The summed E-state index contributed by atoms with van der Waals surface area (Å²) in [6.45, 7) is -0.588. The van der Waals surface area contributed by atoms with Gasteiger partial charge in [-0.3, -0.25) is 4.79 Å². The van der Waals surface area contributed by atoms with Gasteiger partial charge in [-0.2, -0.15) is 0 Å². The van der Waals surface area contributed by atoms with Crippen LogP contribution in [0, 0.1) is 0 Å². The number of ether oxygens (including phenoxy) is 2. The molecule has 0 unspecified atom stereocenters. The summed E-state index contributed by atoms with van der Waals surface area (Å²) in [5.74, 6) is -1.50. The van der Waals surface area contributed by atoms with E-state index in [-0.39, 0.29) is 28.2 Å². The Morgan fingerprint density at radius 3 is 2.30 bits per heavy atom. The van der Waals surface area contributed by atoms with Crippen LogP contribution in [-0.2, 0) is 4.74 Å². The Kier molecular flexibility index (Phi) is 5.00. The molecule has 1 saturated heterocycles. The highest BCUT2D eigenvalue weighted by Crippen LogP contribution is 2.37. The summed E-state index contributed by atoms with van der Waals surface area (Å²) in [6, 6.07) is 7.65. The van der Waals surface area contributed by atoms with E-state index >= 15 is 0 Å². The Bertz CT molecular complexity index is 1140. The minimum absolute atomic E-state index is 0.0388. The Hall–Kier alpha value is -3.31.